The Morgan fingerprint density at radius 3 is 2.21 bits per heavy atom. The zero-order chi connectivity index (χ0) is 10.1. The fraction of sp³-hybridized carbons (Fsp3) is 0.364. The maximum Gasteiger partial charge on any atom is 0.171 e. The molecule has 1 aromatic rings. The summed E-state index contributed by atoms with van der Waals surface area (Å²) in [5.74, 6) is -2.04. The number of rotatable bonds is 2. The second kappa shape index (κ2) is 3.48. The summed E-state index contributed by atoms with van der Waals surface area (Å²) < 4.78 is 26.3. The average Bonchev–Trinajstić information content (AvgIpc) is 2.00. The molecule has 74 valence electrons. The molecular weight excluding hydrogens is 186 g/mol. The van der Waals surface area contributed by atoms with Crippen molar-refractivity contribution in [1.29, 1.82) is 0 Å². The summed E-state index contributed by atoms with van der Waals surface area (Å²) in [5.41, 5.74) is -0.364. The predicted octanol–water partition coefficient (Wildman–Crippen LogP) is 2.95. The van der Waals surface area contributed by atoms with E-state index in [0.717, 1.165) is 31.4 Å². The predicted molar refractivity (Wildman–Crippen MR) is 48.0 cm³/mol. The van der Waals surface area contributed by atoms with E-state index in [4.69, 9.17) is 0 Å². The molecule has 2 rings (SSSR count). The van der Waals surface area contributed by atoms with Crippen LogP contribution >= 0.6 is 0 Å². The van der Waals surface area contributed by atoms with E-state index in [1.807, 2.05) is 0 Å². The number of benzene rings is 1. The van der Waals surface area contributed by atoms with E-state index < -0.39 is 11.6 Å². The van der Waals surface area contributed by atoms with Crippen molar-refractivity contribution in [3.05, 3.63) is 35.4 Å². The van der Waals surface area contributed by atoms with Crippen molar-refractivity contribution < 1.29 is 13.6 Å². The van der Waals surface area contributed by atoms with Crippen LogP contribution in [-0.4, -0.2) is 5.78 Å². The van der Waals surface area contributed by atoms with Crippen LogP contribution in [0.4, 0.5) is 8.78 Å². The molecule has 0 saturated heterocycles. The number of Topliss-reactive ketones (excluding diaryl/α,β-unsaturated/α-hetero) is 1. The molecule has 1 aliphatic rings. The summed E-state index contributed by atoms with van der Waals surface area (Å²) in [6.45, 7) is 0. The Balaban J connectivity index is 2.34. The minimum absolute atomic E-state index is 0.165. The van der Waals surface area contributed by atoms with Gasteiger partial charge in [-0.2, -0.15) is 0 Å². The van der Waals surface area contributed by atoms with Crippen molar-refractivity contribution >= 4 is 5.78 Å². The highest BCUT2D eigenvalue weighted by Crippen LogP contribution is 2.31. The molecule has 0 aliphatic heterocycles. The van der Waals surface area contributed by atoms with Crippen molar-refractivity contribution in [2.24, 2.45) is 5.92 Å². The molecule has 1 aromatic carbocycles. The summed E-state index contributed by atoms with van der Waals surface area (Å²) in [6.07, 6.45) is 2.49. The summed E-state index contributed by atoms with van der Waals surface area (Å²) >= 11 is 0. The molecule has 0 aromatic heterocycles. The second-order valence-corrected chi connectivity index (χ2v) is 3.59. The van der Waals surface area contributed by atoms with Gasteiger partial charge in [0, 0.05) is 5.92 Å². The highest BCUT2D eigenvalue weighted by Gasteiger charge is 2.29. The van der Waals surface area contributed by atoms with Crippen molar-refractivity contribution in [3.8, 4) is 0 Å². The Morgan fingerprint density at radius 2 is 1.79 bits per heavy atom. The third-order valence-corrected chi connectivity index (χ3v) is 2.69. The van der Waals surface area contributed by atoms with Crippen LogP contribution in [0.3, 0.4) is 0 Å². The molecule has 0 N–H and O–H groups in total. The smallest absolute Gasteiger partial charge is 0.171 e. The van der Waals surface area contributed by atoms with Crippen LogP contribution < -0.4 is 0 Å². The Kier molecular flexibility index (Phi) is 2.32. The molecule has 1 saturated carbocycles. The lowest BCUT2D eigenvalue weighted by atomic mass is 9.80. The number of carbonyl (C=O) groups excluding carboxylic acids is 1. The molecule has 0 radical (unpaired) electrons. The van der Waals surface area contributed by atoms with E-state index in [0.29, 0.717) is 0 Å². The number of ketones is 1. The quantitative estimate of drug-likeness (QED) is 0.664. The summed E-state index contributed by atoms with van der Waals surface area (Å²) in [6, 6.07) is 3.51. The van der Waals surface area contributed by atoms with E-state index >= 15 is 0 Å². The van der Waals surface area contributed by atoms with Gasteiger partial charge in [-0.25, -0.2) is 8.78 Å². The first-order valence-corrected chi connectivity index (χ1v) is 4.68. The normalized spacial score (nSPS) is 16.4. The third kappa shape index (κ3) is 1.43. The van der Waals surface area contributed by atoms with Crippen LogP contribution in [0.25, 0.3) is 0 Å². The zero-order valence-corrected chi connectivity index (χ0v) is 7.59. The van der Waals surface area contributed by atoms with Gasteiger partial charge in [-0.1, -0.05) is 12.5 Å². The highest BCUT2D eigenvalue weighted by atomic mass is 19.1. The summed E-state index contributed by atoms with van der Waals surface area (Å²) in [7, 11) is 0. The van der Waals surface area contributed by atoms with Crippen molar-refractivity contribution in [2.45, 2.75) is 19.3 Å². The number of carbonyl (C=O) groups is 1. The molecule has 3 heteroatoms. The molecule has 0 amide bonds. The molecule has 14 heavy (non-hydrogen) atoms. The van der Waals surface area contributed by atoms with Crippen LogP contribution in [0.5, 0.6) is 0 Å². The van der Waals surface area contributed by atoms with E-state index in [1.165, 1.54) is 6.07 Å². The largest absolute Gasteiger partial charge is 0.294 e. The topological polar surface area (TPSA) is 17.1 Å². The maximum atomic E-state index is 13.2. The van der Waals surface area contributed by atoms with Gasteiger partial charge in [0.1, 0.15) is 11.6 Å². The molecule has 0 unspecified atom stereocenters. The molecule has 0 spiro atoms. The maximum absolute atomic E-state index is 13.2. The Labute approximate surface area is 80.7 Å². The van der Waals surface area contributed by atoms with Gasteiger partial charge in [-0.15, -0.1) is 0 Å². The first-order valence-electron chi connectivity index (χ1n) is 4.68. The lowest BCUT2D eigenvalue weighted by Crippen LogP contribution is -2.23. The number of hydrogen-bond acceptors (Lipinski definition) is 1. The van der Waals surface area contributed by atoms with Gasteiger partial charge in [0.25, 0.3) is 0 Å². The first kappa shape index (κ1) is 9.31. The van der Waals surface area contributed by atoms with Gasteiger partial charge < -0.3 is 0 Å². The molecule has 0 bridgehead atoms. The van der Waals surface area contributed by atoms with Crippen LogP contribution in [0.15, 0.2) is 18.2 Å². The van der Waals surface area contributed by atoms with Crippen molar-refractivity contribution in [1.82, 2.24) is 0 Å². The molecule has 1 fully saturated rings. The van der Waals surface area contributed by atoms with Crippen molar-refractivity contribution in [3.63, 3.8) is 0 Å². The third-order valence-electron chi connectivity index (χ3n) is 2.69. The lowest BCUT2D eigenvalue weighted by Gasteiger charge is -2.23. The Hall–Kier alpha value is -1.25. The molecule has 0 heterocycles. The van der Waals surface area contributed by atoms with Gasteiger partial charge in [-0.3, -0.25) is 4.79 Å². The zero-order valence-electron chi connectivity index (χ0n) is 7.59. The summed E-state index contributed by atoms with van der Waals surface area (Å²) in [4.78, 5) is 11.6. The highest BCUT2D eigenvalue weighted by molar-refractivity contribution is 5.98. The second-order valence-electron chi connectivity index (χ2n) is 3.59. The fourth-order valence-electron chi connectivity index (χ4n) is 1.61. The van der Waals surface area contributed by atoms with E-state index in [-0.39, 0.29) is 17.3 Å². The lowest BCUT2D eigenvalue weighted by molar-refractivity contribution is 0.0846. The SMILES string of the molecule is O=C(c1c(F)cccc1F)C1CCC1. The van der Waals surface area contributed by atoms with Gasteiger partial charge in [0.15, 0.2) is 5.78 Å². The Bertz CT molecular complexity index is 349. The minimum Gasteiger partial charge on any atom is -0.294 e. The molecule has 1 nitrogen and oxygen atoms in total. The van der Waals surface area contributed by atoms with Gasteiger partial charge in [0.2, 0.25) is 0 Å². The van der Waals surface area contributed by atoms with Gasteiger partial charge >= 0.3 is 0 Å². The van der Waals surface area contributed by atoms with Crippen LogP contribution in [0.2, 0.25) is 0 Å². The van der Waals surface area contributed by atoms with Gasteiger partial charge in [-0.05, 0) is 25.0 Å². The Morgan fingerprint density at radius 1 is 1.21 bits per heavy atom. The average molecular weight is 196 g/mol. The van der Waals surface area contributed by atoms with Crippen LogP contribution in [0, 0.1) is 17.6 Å². The van der Waals surface area contributed by atoms with E-state index in [9.17, 15) is 13.6 Å². The number of hydrogen-bond donors (Lipinski definition) is 0. The standard InChI is InChI=1S/C11H10F2O/c12-8-5-2-6-9(13)10(8)11(14)7-3-1-4-7/h2,5-7H,1,3-4H2. The molecular formula is C11H10F2O. The fourth-order valence-corrected chi connectivity index (χ4v) is 1.61. The van der Waals surface area contributed by atoms with Crippen LogP contribution in [0.1, 0.15) is 29.6 Å². The van der Waals surface area contributed by atoms with Gasteiger partial charge in [0.05, 0.1) is 5.56 Å². The van der Waals surface area contributed by atoms with E-state index in [2.05, 4.69) is 0 Å². The first-order chi connectivity index (χ1) is 6.70. The molecule has 1 aliphatic carbocycles. The summed E-state index contributed by atoms with van der Waals surface area (Å²) in [5, 5.41) is 0. The number of halogens is 2. The van der Waals surface area contributed by atoms with Crippen molar-refractivity contribution in [2.75, 3.05) is 0 Å². The molecule has 0 atom stereocenters. The monoisotopic (exact) mass is 196 g/mol. The van der Waals surface area contributed by atoms with Crippen LogP contribution in [-0.2, 0) is 0 Å². The minimum atomic E-state index is -0.748. The van der Waals surface area contributed by atoms with E-state index in [1.54, 1.807) is 0 Å².